The standard InChI is InChI=1S/C20H26N4O2/c1-16(2-3-17-4-6-19(25)7-5-17)22-20(26)24-14-12-23(13-15-24)18-8-10-21-11-9-18/h4-11,16,25H,2-3,12-15H2,1H3,(H,22,26). The van der Waals surface area contributed by atoms with Crippen molar-refractivity contribution in [3.63, 3.8) is 0 Å². The van der Waals surface area contributed by atoms with Gasteiger partial charge in [-0.3, -0.25) is 4.98 Å². The molecule has 1 atom stereocenters. The number of phenolic OH excluding ortho intramolecular Hbond substituents is 1. The van der Waals surface area contributed by atoms with Gasteiger partial charge in [-0.1, -0.05) is 12.1 Å². The van der Waals surface area contributed by atoms with E-state index in [1.54, 1.807) is 24.5 Å². The predicted molar refractivity (Wildman–Crippen MR) is 102 cm³/mol. The summed E-state index contributed by atoms with van der Waals surface area (Å²) in [4.78, 5) is 20.7. The number of benzene rings is 1. The number of aromatic nitrogens is 1. The van der Waals surface area contributed by atoms with Crippen LogP contribution in [0.25, 0.3) is 0 Å². The molecule has 1 aromatic heterocycles. The number of anilines is 1. The van der Waals surface area contributed by atoms with Gasteiger partial charge < -0.3 is 20.2 Å². The highest BCUT2D eigenvalue weighted by Crippen LogP contribution is 2.15. The Kier molecular flexibility index (Phi) is 5.94. The van der Waals surface area contributed by atoms with E-state index >= 15 is 0 Å². The Hall–Kier alpha value is -2.76. The van der Waals surface area contributed by atoms with E-state index in [2.05, 4.69) is 15.2 Å². The molecule has 138 valence electrons. The van der Waals surface area contributed by atoms with Gasteiger partial charge in [0.15, 0.2) is 0 Å². The van der Waals surface area contributed by atoms with Gasteiger partial charge in [0.1, 0.15) is 5.75 Å². The number of aryl methyl sites for hydroxylation is 1. The topological polar surface area (TPSA) is 68.7 Å². The number of aromatic hydroxyl groups is 1. The molecule has 0 bridgehead atoms. The van der Waals surface area contributed by atoms with Crippen LogP contribution >= 0.6 is 0 Å². The second-order valence-corrected chi connectivity index (χ2v) is 6.74. The molecule has 1 aliphatic heterocycles. The number of amides is 2. The van der Waals surface area contributed by atoms with Crippen molar-refractivity contribution in [1.29, 1.82) is 0 Å². The Bertz CT molecular complexity index is 698. The maximum atomic E-state index is 12.5. The first-order chi connectivity index (χ1) is 12.6. The van der Waals surface area contributed by atoms with Gasteiger partial charge in [-0.05, 0) is 49.6 Å². The fourth-order valence-electron chi connectivity index (χ4n) is 3.14. The Labute approximate surface area is 154 Å². The molecule has 2 aromatic rings. The molecule has 0 spiro atoms. The molecule has 1 fully saturated rings. The quantitative estimate of drug-likeness (QED) is 0.866. The van der Waals surface area contributed by atoms with Crippen molar-refractivity contribution < 1.29 is 9.90 Å². The molecule has 6 heteroatoms. The van der Waals surface area contributed by atoms with Crippen molar-refractivity contribution in [2.75, 3.05) is 31.1 Å². The smallest absolute Gasteiger partial charge is 0.317 e. The van der Waals surface area contributed by atoms with Crippen LogP contribution in [0.15, 0.2) is 48.8 Å². The zero-order valence-electron chi connectivity index (χ0n) is 15.1. The highest BCUT2D eigenvalue weighted by molar-refractivity contribution is 5.74. The molecule has 1 aromatic carbocycles. The number of hydrogen-bond acceptors (Lipinski definition) is 4. The average Bonchev–Trinajstić information content (AvgIpc) is 2.68. The van der Waals surface area contributed by atoms with Gasteiger partial charge >= 0.3 is 6.03 Å². The van der Waals surface area contributed by atoms with Crippen molar-refractivity contribution in [2.24, 2.45) is 0 Å². The third kappa shape index (κ3) is 4.88. The number of phenols is 1. The molecule has 26 heavy (non-hydrogen) atoms. The summed E-state index contributed by atoms with van der Waals surface area (Å²) in [5.74, 6) is 0.279. The third-order valence-electron chi connectivity index (χ3n) is 4.77. The van der Waals surface area contributed by atoms with E-state index in [1.807, 2.05) is 36.1 Å². The molecule has 1 aliphatic rings. The lowest BCUT2D eigenvalue weighted by atomic mass is 10.1. The summed E-state index contributed by atoms with van der Waals surface area (Å²) in [6, 6.07) is 11.3. The molecule has 1 unspecified atom stereocenters. The number of carbonyl (C=O) groups is 1. The van der Waals surface area contributed by atoms with Gasteiger partial charge in [-0.2, -0.15) is 0 Å². The van der Waals surface area contributed by atoms with Gasteiger partial charge in [0, 0.05) is 50.3 Å². The van der Waals surface area contributed by atoms with E-state index in [-0.39, 0.29) is 17.8 Å². The normalized spacial score (nSPS) is 15.6. The van der Waals surface area contributed by atoms with E-state index in [1.165, 1.54) is 0 Å². The van der Waals surface area contributed by atoms with Crippen molar-refractivity contribution in [3.8, 4) is 5.75 Å². The minimum absolute atomic E-state index is 0.0117. The second-order valence-electron chi connectivity index (χ2n) is 6.74. The minimum Gasteiger partial charge on any atom is -0.508 e. The maximum absolute atomic E-state index is 12.5. The number of nitrogens with zero attached hydrogens (tertiary/aromatic N) is 3. The van der Waals surface area contributed by atoms with E-state index < -0.39 is 0 Å². The molecule has 2 heterocycles. The van der Waals surface area contributed by atoms with Crippen LogP contribution in [0.4, 0.5) is 10.5 Å². The summed E-state index contributed by atoms with van der Waals surface area (Å²) < 4.78 is 0. The van der Waals surface area contributed by atoms with Crippen LogP contribution in [-0.2, 0) is 6.42 Å². The predicted octanol–water partition coefficient (Wildman–Crippen LogP) is 2.64. The fraction of sp³-hybridized carbons (Fsp3) is 0.400. The van der Waals surface area contributed by atoms with Gasteiger partial charge in [0.2, 0.25) is 0 Å². The lowest BCUT2D eigenvalue weighted by Crippen LogP contribution is -2.53. The van der Waals surface area contributed by atoms with Crippen LogP contribution in [0.3, 0.4) is 0 Å². The molecular weight excluding hydrogens is 328 g/mol. The molecule has 0 saturated carbocycles. The van der Waals surface area contributed by atoms with Gasteiger partial charge in [-0.15, -0.1) is 0 Å². The summed E-state index contributed by atoms with van der Waals surface area (Å²) in [5.41, 5.74) is 2.32. The van der Waals surface area contributed by atoms with E-state index in [4.69, 9.17) is 0 Å². The zero-order chi connectivity index (χ0) is 18.4. The van der Waals surface area contributed by atoms with Gasteiger partial charge in [-0.25, -0.2) is 4.79 Å². The number of piperazine rings is 1. The largest absolute Gasteiger partial charge is 0.508 e. The Morgan fingerprint density at radius 3 is 2.42 bits per heavy atom. The Morgan fingerprint density at radius 2 is 1.77 bits per heavy atom. The summed E-state index contributed by atoms with van der Waals surface area (Å²) in [6.07, 6.45) is 5.33. The van der Waals surface area contributed by atoms with E-state index in [0.29, 0.717) is 0 Å². The summed E-state index contributed by atoms with van der Waals surface area (Å²) >= 11 is 0. The molecule has 2 amide bonds. The number of pyridine rings is 1. The molecule has 6 nitrogen and oxygen atoms in total. The summed E-state index contributed by atoms with van der Waals surface area (Å²) in [5, 5.41) is 12.4. The van der Waals surface area contributed by atoms with Gasteiger partial charge in [0.25, 0.3) is 0 Å². The molecule has 1 saturated heterocycles. The van der Waals surface area contributed by atoms with Gasteiger partial charge in [0.05, 0.1) is 0 Å². The number of nitrogens with one attached hydrogen (secondary N) is 1. The number of carbonyl (C=O) groups excluding carboxylic acids is 1. The van der Waals surface area contributed by atoms with Crippen LogP contribution in [-0.4, -0.2) is 53.2 Å². The van der Waals surface area contributed by atoms with E-state index in [0.717, 1.165) is 50.3 Å². The lowest BCUT2D eigenvalue weighted by molar-refractivity contribution is 0.190. The second kappa shape index (κ2) is 8.56. The first-order valence-corrected chi connectivity index (χ1v) is 9.10. The molecule has 0 aliphatic carbocycles. The molecular formula is C20H26N4O2. The highest BCUT2D eigenvalue weighted by atomic mass is 16.3. The van der Waals surface area contributed by atoms with Crippen LogP contribution in [0, 0.1) is 0 Å². The van der Waals surface area contributed by atoms with Crippen LogP contribution in [0.2, 0.25) is 0 Å². The number of urea groups is 1. The first-order valence-electron chi connectivity index (χ1n) is 9.10. The third-order valence-corrected chi connectivity index (χ3v) is 4.77. The first kappa shape index (κ1) is 18.0. The molecule has 3 rings (SSSR count). The van der Waals surface area contributed by atoms with Crippen molar-refractivity contribution in [3.05, 3.63) is 54.4 Å². The minimum atomic E-state index is 0.0117. The van der Waals surface area contributed by atoms with E-state index in [9.17, 15) is 9.90 Å². The zero-order valence-corrected chi connectivity index (χ0v) is 15.1. The summed E-state index contributed by atoms with van der Waals surface area (Å²) in [7, 11) is 0. The maximum Gasteiger partial charge on any atom is 0.317 e. The van der Waals surface area contributed by atoms with Crippen LogP contribution < -0.4 is 10.2 Å². The van der Waals surface area contributed by atoms with Crippen molar-refractivity contribution in [2.45, 2.75) is 25.8 Å². The summed E-state index contributed by atoms with van der Waals surface area (Å²) in [6.45, 7) is 5.14. The fourth-order valence-corrected chi connectivity index (χ4v) is 3.14. The number of hydrogen-bond donors (Lipinski definition) is 2. The Morgan fingerprint density at radius 1 is 1.12 bits per heavy atom. The van der Waals surface area contributed by atoms with Crippen LogP contribution in [0.5, 0.6) is 5.75 Å². The highest BCUT2D eigenvalue weighted by Gasteiger charge is 2.22. The van der Waals surface area contributed by atoms with Crippen molar-refractivity contribution >= 4 is 11.7 Å². The monoisotopic (exact) mass is 354 g/mol. The van der Waals surface area contributed by atoms with Crippen molar-refractivity contribution in [1.82, 2.24) is 15.2 Å². The SMILES string of the molecule is CC(CCc1ccc(O)cc1)NC(=O)N1CCN(c2ccncc2)CC1. The van der Waals surface area contributed by atoms with Crippen LogP contribution in [0.1, 0.15) is 18.9 Å². The molecule has 0 radical (unpaired) electrons. The number of rotatable bonds is 5. The lowest BCUT2D eigenvalue weighted by Gasteiger charge is -2.36. The average molecular weight is 354 g/mol. The Balaban J connectivity index is 1.41. The molecule has 2 N–H and O–H groups in total.